The van der Waals surface area contributed by atoms with Gasteiger partial charge >= 0.3 is 0 Å². The molecule has 1 atom stereocenters. The Balaban J connectivity index is 1.58. The summed E-state index contributed by atoms with van der Waals surface area (Å²) in [5, 5.41) is 12.8. The Hall–Kier alpha value is -1.65. The second-order valence-electron chi connectivity index (χ2n) is 6.41. The number of fused-ring (bicyclic) bond motifs is 1. The van der Waals surface area contributed by atoms with Gasteiger partial charge in [-0.05, 0) is 37.1 Å². The van der Waals surface area contributed by atoms with Crippen molar-refractivity contribution in [3.05, 3.63) is 36.5 Å². The molecule has 1 N–H and O–H groups in total. The Morgan fingerprint density at radius 2 is 2.00 bits per heavy atom. The maximum atomic E-state index is 10.4. The number of rotatable bonds is 1. The first-order valence-electron chi connectivity index (χ1n) is 8.19. The number of hydrogen-bond acceptors (Lipinski definition) is 4. The molecule has 2 fully saturated rings. The van der Waals surface area contributed by atoms with Crippen LogP contribution in [0.25, 0.3) is 10.8 Å². The van der Waals surface area contributed by atoms with Crippen LogP contribution in [0.4, 0.5) is 5.82 Å². The van der Waals surface area contributed by atoms with E-state index < -0.39 is 0 Å². The minimum Gasteiger partial charge on any atom is -0.390 e. The SMILES string of the molecule is O[C@@H]1CCCOC12CCN(c1nccc3ccccc13)CC2. The maximum Gasteiger partial charge on any atom is 0.136 e. The fraction of sp³-hybridized carbons (Fsp3) is 0.500. The number of pyridine rings is 1. The lowest BCUT2D eigenvalue weighted by Gasteiger charge is -2.47. The molecule has 3 heterocycles. The molecule has 2 aromatic rings. The number of aliphatic hydroxyl groups excluding tert-OH is 1. The highest BCUT2D eigenvalue weighted by atomic mass is 16.5. The topological polar surface area (TPSA) is 45.6 Å². The zero-order valence-corrected chi connectivity index (χ0v) is 12.7. The second-order valence-corrected chi connectivity index (χ2v) is 6.41. The number of ether oxygens (including phenoxy) is 1. The van der Waals surface area contributed by atoms with Crippen molar-refractivity contribution >= 4 is 16.6 Å². The highest BCUT2D eigenvalue weighted by Crippen LogP contribution is 2.37. The van der Waals surface area contributed by atoms with Crippen LogP contribution in [0.5, 0.6) is 0 Å². The van der Waals surface area contributed by atoms with Gasteiger partial charge in [0.2, 0.25) is 0 Å². The van der Waals surface area contributed by atoms with Gasteiger partial charge in [0.25, 0.3) is 0 Å². The van der Waals surface area contributed by atoms with E-state index in [1.807, 2.05) is 6.20 Å². The molecule has 0 amide bonds. The number of aromatic nitrogens is 1. The van der Waals surface area contributed by atoms with Gasteiger partial charge in [-0.2, -0.15) is 0 Å². The van der Waals surface area contributed by atoms with Crippen molar-refractivity contribution < 1.29 is 9.84 Å². The predicted molar refractivity (Wildman–Crippen MR) is 87.1 cm³/mol. The summed E-state index contributed by atoms with van der Waals surface area (Å²) < 4.78 is 5.99. The fourth-order valence-electron chi connectivity index (χ4n) is 3.84. The van der Waals surface area contributed by atoms with Crippen LogP contribution in [0.2, 0.25) is 0 Å². The van der Waals surface area contributed by atoms with Crippen molar-refractivity contribution in [3.63, 3.8) is 0 Å². The van der Waals surface area contributed by atoms with Gasteiger partial charge in [0, 0.05) is 31.3 Å². The van der Waals surface area contributed by atoms with Crippen molar-refractivity contribution in [2.45, 2.75) is 37.4 Å². The number of nitrogens with zero attached hydrogens (tertiary/aromatic N) is 2. The fourth-order valence-corrected chi connectivity index (χ4v) is 3.84. The quantitative estimate of drug-likeness (QED) is 0.879. The first-order chi connectivity index (χ1) is 10.8. The van der Waals surface area contributed by atoms with Gasteiger partial charge in [-0.25, -0.2) is 4.98 Å². The van der Waals surface area contributed by atoms with E-state index in [0.717, 1.165) is 51.2 Å². The molecule has 2 aliphatic rings. The van der Waals surface area contributed by atoms with Crippen LogP contribution in [0.3, 0.4) is 0 Å². The average Bonchev–Trinajstić information content (AvgIpc) is 2.58. The number of benzene rings is 1. The van der Waals surface area contributed by atoms with E-state index in [0.29, 0.717) is 0 Å². The van der Waals surface area contributed by atoms with Crippen LogP contribution in [-0.2, 0) is 4.74 Å². The van der Waals surface area contributed by atoms with Gasteiger partial charge in [0.05, 0.1) is 11.7 Å². The summed E-state index contributed by atoms with van der Waals surface area (Å²) in [5.41, 5.74) is -0.320. The van der Waals surface area contributed by atoms with Gasteiger partial charge in [-0.3, -0.25) is 0 Å². The third-order valence-corrected chi connectivity index (χ3v) is 5.18. The third-order valence-electron chi connectivity index (χ3n) is 5.18. The van der Waals surface area contributed by atoms with E-state index in [2.05, 4.69) is 40.2 Å². The molecule has 2 saturated heterocycles. The molecule has 22 heavy (non-hydrogen) atoms. The summed E-state index contributed by atoms with van der Waals surface area (Å²) >= 11 is 0. The average molecular weight is 298 g/mol. The van der Waals surface area contributed by atoms with Crippen LogP contribution in [-0.4, -0.2) is 41.5 Å². The van der Waals surface area contributed by atoms with E-state index >= 15 is 0 Å². The van der Waals surface area contributed by atoms with E-state index in [-0.39, 0.29) is 11.7 Å². The number of hydrogen-bond donors (Lipinski definition) is 1. The molecular weight excluding hydrogens is 276 g/mol. The minimum absolute atomic E-state index is 0.316. The van der Waals surface area contributed by atoms with Gasteiger partial charge < -0.3 is 14.7 Å². The molecule has 1 spiro atoms. The first kappa shape index (κ1) is 14.0. The zero-order valence-electron chi connectivity index (χ0n) is 12.7. The molecule has 0 unspecified atom stereocenters. The lowest BCUT2D eigenvalue weighted by molar-refractivity contribution is -0.164. The second kappa shape index (κ2) is 5.52. The summed E-state index contributed by atoms with van der Waals surface area (Å²) in [6.07, 6.45) is 5.15. The van der Waals surface area contributed by atoms with Crippen LogP contribution in [0.1, 0.15) is 25.7 Å². The monoisotopic (exact) mass is 298 g/mol. The van der Waals surface area contributed by atoms with Crippen molar-refractivity contribution in [3.8, 4) is 0 Å². The Kier molecular flexibility index (Phi) is 3.51. The molecule has 4 rings (SSSR count). The summed E-state index contributed by atoms with van der Waals surface area (Å²) in [6, 6.07) is 10.4. The predicted octanol–water partition coefficient (Wildman–Crippen LogP) is 2.75. The maximum absolute atomic E-state index is 10.4. The van der Waals surface area contributed by atoms with Crippen molar-refractivity contribution in [1.29, 1.82) is 0 Å². The Labute approximate surface area is 130 Å². The normalized spacial score (nSPS) is 24.8. The lowest BCUT2D eigenvalue weighted by atomic mass is 9.82. The van der Waals surface area contributed by atoms with Gasteiger partial charge in [-0.1, -0.05) is 24.3 Å². The smallest absolute Gasteiger partial charge is 0.136 e. The molecule has 0 radical (unpaired) electrons. The Morgan fingerprint density at radius 3 is 2.82 bits per heavy atom. The van der Waals surface area contributed by atoms with Crippen molar-refractivity contribution in [1.82, 2.24) is 4.98 Å². The van der Waals surface area contributed by atoms with Crippen LogP contribution in [0.15, 0.2) is 36.5 Å². The van der Waals surface area contributed by atoms with Crippen LogP contribution >= 0.6 is 0 Å². The zero-order chi connectivity index (χ0) is 15.0. The number of aliphatic hydroxyl groups is 1. The van der Waals surface area contributed by atoms with E-state index in [1.165, 1.54) is 10.8 Å². The first-order valence-corrected chi connectivity index (χ1v) is 8.19. The highest BCUT2D eigenvalue weighted by Gasteiger charge is 2.43. The van der Waals surface area contributed by atoms with E-state index in [4.69, 9.17) is 4.74 Å². The summed E-state index contributed by atoms with van der Waals surface area (Å²) in [4.78, 5) is 6.94. The van der Waals surface area contributed by atoms with Gasteiger partial charge in [0.15, 0.2) is 0 Å². The van der Waals surface area contributed by atoms with E-state index in [1.54, 1.807) is 0 Å². The number of piperidine rings is 1. The van der Waals surface area contributed by atoms with Crippen LogP contribution in [0, 0.1) is 0 Å². The molecule has 0 bridgehead atoms. The standard InChI is InChI=1S/C18H22N2O2/c21-16-6-3-13-22-18(16)8-11-20(12-9-18)17-15-5-2-1-4-14(15)7-10-19-17/h1-2,4-5,7,10,16,21H,3,6,8-9,11-13H2/t16-/m1/s1. The molecule has 0 aliphatic carbocycles. The molecule has 4 nitrogen and oxygen atoms in total. The van der Waals surface area contributed by atoms with Gasteiger partial charge in [-0.15, -0.1) is 0 Å². The molecule has 1 aromatic carbocycles. The highest BCUT2D eigenvalue weighted by molar-refractivity contribution is 5.92. The molecule has 2 aliphatic heterocycles. The molecular formula is C18H22N2O2. The molecule has 0 saturated carbocycles. The van der Waals surface area contributed by atoms with E-state index in [9.17, 15) is 5.11 Å². The van der Waals surface area contributed by atoms with Gasteiger partial charge in [0.1, 0.15) is 5.82 Å². The summed E-state index contributed by atoms with van der Waals surface area (Å²) in [6.45, 7) is 2.56. The molecule has 4 heteroatoms. The molecule has 1 aromatic heterocycles. The van der Waals surface area contributed by atoms with Crippen molar-refractivity contribution in [2.24, 2.45) is 0 Å². The minimum atomic E-state index is -0.320. The lowest BCUT2D eigenvalue weighted by Crippen LogP contribution is -2.55. The van der Waals surface area contributed by atoms with Crippen molar-refractivity contribution in [2.75, 3.05) is 24.6 Å². The largest absolute Gasteiger partial charge is 0.390 e. The summed E-state index contributed by atoms with van der Waals surface area (Å²) in [5.74, 6) is 1.05. The third kappa shape index (κ3) is 2.27. The molecule has 116 valence electrons. The Morgan fingerprint density at radius 1 is 1.18 bits per heavy atom. The van der Waals surface area contributed by atoms with Crippen LogP contribution < -0.4 is 4.90 Å². The Bertz CT molecular complexity index is 660. The number of anilines is 1. The summed E-state index contributed by atoms with van der Waals surface area (Å²) in [7, 11) is 0.